The number of nitrogens with one attached hydrogen (secondary N) is 1. The van der Waals surface area contributed by atoms with Crippen LogP contribution in [0.2, 0.25) is 0 Å². The molecule has 0 atom stereocenters. The molecule has 21 heavy (non-hydrogen) atoms. The molecule has 2 heterocycles. The van der Waals surface area contributed by atoms with E-state index in [2.05, 4.69) is 9.88 Å². The summed E-state index contributed by atoms with van der Waals surface area (Å²) in [4.78, 5) is 31.6. The first-order valence-corrected chi connectivity index (χ1v) is 7.75. The fourth-order valence-electron chi connectivity index (χ4n) is 3.02. The minimum atomic E-state index is 0.166. The van der Waals surface area contributed by atoms with Gasteiger partial charge in [0, 0.05) is 49.0 Å². The van der Waals surface area contributed by atoms with Crippen molar-refractivity contribution in [2.24, 2.45) is 5.92 Å². The third-order valence-corrected chi connectivity index (χ3v) is 4.43. The van der Waals surface area contributed by atoms with E-state index in [0.717, 1.165) is 56.0 Å². The van der Waals surface area contributed by atoms with Crippen LogP contribution in [0.15, 0.2) is 6.07 Å². The summed E-state index contributed by atoms with van der Waals surface area (Å²) in [6, 6.07) is 1.92. The molecule has 2 fully saturated rings. The SMILES string of the molecule is Cc1cc(C(=O)CN2CCN(C(=O)C3CC3)CC2)c(C)[nH]1. The van der Waals surface area contributed by atoms with Gasteiger partial charge < -0.3 is 9.88 Å². The highest BCUT2D eigenvalue weighted by Gasteiger charge is 2.34. The summed E-state index contributed by atoms with van der Waals surface area (Å²) >= 11 is 0. The van der Waals surface area contributed by atoms with Crippen LogP contribution in [0.25, 0.3) is 0 Å². The lowest BCUT2D eigenvalue weighted by Crippen LogP contribution is -2.50. The summed E-state index contributed by atoms with van der Waals surface area (Å²) in [5.41, 5.74) is 2.76. The van der Waals surface area contributed by atoms with E-state index in [1.807, 2.05) is 24.8 Å². The zero-order valence-corrected chi connectivity index (χ0v) is 12.8. The van der Waals surface area contributed by atoms with Crippen LogP contribution >= 0.6 is 0 Å². The number of piperazine rings is 1. The van der Waals surface area contributed by atoms with E-state index in [1.165, 1.54) is 0 Å². The van der Waals surface area contributed by atoms with Crippen molar-refractivity contribution in [3.05, 3.63) is 23.0 Å². The van der Waals surface area contributed by atoms with Gasteiger partial charge in [-0.25, -0.2) is 0 Å². The van der Waals surface area contributed by atoms with E-state index in [4.69, 9.17) is 0 Å². The minimum absolute atomic E-state index is 0.166. The van der Waals surface area contributed by atoms with Gasteiger partial charge in [-0.3, -0.25) is 14.5 Å². The topological polar surface area (TPSA) is 56.4 Å². The normalized spacial score (nSPS) is 19.8. The lowest BCUT2D eigenvalue weighted by atomic mass is 10.1. The lowest BCUT2D eigenvalue weighted by Gasteiger charge is -2.34. The van der Waals surface area contributed by atoms with Crippen molar-refractivity contribution in [1.82, 2.24) is 14.8 Å². The highest BCUT2D eigenvalue weighted by molar-refractivity contribution is 5.98. The molecule has 1 saturated heterocycles. The third-order valence-electron chi connectivity index (χ3n) is 4.43. The van der Waals surface area contributed by atoms with E-state index >= 15 is 0 Å². The molecule has 5 heteroatoms. The van der Waals surface area contributed by atoms with Crippen LogP contribution in [-0.4, -0.2) is 59.2 Å². The molecule has 0 radical (unpaired) electrons. The first kappa shape index (κ1) is 14.3. The van der Waals surface area contributed by atoms with Crippen LogP contribution in [-0.2, 0) is 4.79 Å². The fourth-order valence-corrected chi connectivity index (χ4v) is 3.02. The Morgan fingerprint density at radius 3 is 2.38 bits per heavy atom. The molecule has 1 aliphatic carbocycles. The van der Waals surface area contributed by atoms with Gasteiger partial charge in [0.05, 0.1) is 6.54 Å². The fraction of sp³-hybridized carbons (Fsp3) is 0.625. The van der Waals surface area contributed by atoms with Crippen LogP contribution in [0.3, 0.4) is 0 Å². The van der Waals surface area contributed by atoms with E-state index < -0.39 is 0 Å². The number of ketones is 1. The third kappa shape index (κ3) is 3.18. The van der Waals surface area contributed by atoms with Gasteiger partial charge in [0.1, 0.15) is 0 Å². The average molecular weight is 289 g/mol. The van der Waals surface area contributed by atoms with Crippen LogP contribution < -0.4 is 0 Å². The van der Waals surface area contributed by atoms with Gasteiger partial charge in [0.25, 0.3) is 0 Å². The molecule has 1 N–H and O–H groups in total. The first-order chi connectivity index (χ1) is 10.0. The Kier molecular flexibility index (Phi) is 3.85. The van der Waals surface area contributed by atoms with Crippen molar-refractivity contribution in [3.8, 4) is 0 Å². The molecule has 1 aromatic heterocycles. The van der Waals surface area contributed by atoms with Crippen LogP contribution in [0.4, 0.5) is 0 Å². The van der Waals surface area contributed by atoms with Gasteiger partial charge in [-0.1, -0.05) is 0 Å². The second-order valence-electron chi connectivity index (χ2n) is 6.29. The van der Waals surface area contributed by atoms with Crippen LogP contribution in [0, 0.1) is 19.8 Å². The molecule has 0 spiro atoms. The van der Waals surface area contributed by atoms with Gasteiger partial charge in [-0.15, -0.1) is 0 Å². The molecular weight excluding hydrogens is 266 g/mol. The Labute approximate surface area is 125 Å². The first-order valence-electron chi connectivity index (χ1n) is 7.75. The molecule has 0 bridgehead atoms. The number of aryl methyl sites for hydroxylation is 2. The van der Waals surface area contributed by atoms with Crippen molar-refractivity contribution in [2.45, 2.75) is 26.7 Å². The predicted octanol–water partition coefficient (Wildman–Crippen LogP) is 1.37. The second kappa shape index (κ2) is 5.64. The molecule has 114 valence electrons. The molecule has 1 aliphatic heterocycles. The lowest BCUT2D eigenvalue weighted by molar-refractivity contribution is -0.134. The maximum Gasteiger partial charge on any atom is 0.225 e. The molecule has 1 saturated carbocycles. The summed E-state index contributed by atoms with van der Waals surface area (Å²) in [5.74, 6) is 0.778. The monoisotopic (exact) mass is 289 g/mol. The Bertz CT molecular complexity index is 552. The Morgan fingerprint density at radius 2 is 1.86 bits per heavy atom. The van der Waals surface area contributed by atoms with E-state index in [9.17, 15) is 9.59 Å². The van der Waals surface area contributed by atoms with E-state index in [0.29, 0.717) is 18.4 Å². The van der Waals surface area contributed by atoms with Crippen LogP contribution in [0.1, 0.15) is 34.6 Å². The summed E-state index contributed by atoms with van der Waals surface area (Å²) < 4.78 is 0. The van der Waals surface area contributed by atoms with Crippen molar-refractivity contribution < 1.29 is 9.59 Å². The molecule has 5 nitrogen and oxygen atoms in total. The predicted molar refractivity (Wildman–Crippen MR) is 80.3 cm³/mol. The standard InChI is InChI=1S/C16H23N3O2/c1-11-9-14(12(2)17-11)15(20)10-18-5-7-19(8-6-18)16(21)13-3-4-13/h9,13,17H,3-8,10H2,1-2H3. The number of carbonyl (C=O) groups excluding carboxylic acids is 2. The summed E-state index contributed by atoms with van der Waals surface area (Å²) in [5, 5.41) is 0. The zero-order chi connectivity index (χ0) is 15.0. The molecule has 1 amide bonds. The Hall–Kier alpha value is -1.62. The van der Waals surface area contributed by atoms with Crippen molar-refractivity contribution in [2.75, 3.05) is 32.7 Å². The molecule has 1 aromatic rings. The second-order valence-corrected chi connectivity index (χ2v) is 6.29. The zero-order valence-electron chi connectivity index (χ0n) is 12.8. The van der Waals surface area contributed by atoms with Crippen molar-refractivity contribution in [3.63, 3.8) is 0 Å². The molecule has 2 aliphatic rings. The molecule has 3 rings (SSSR count). The number of aromatic amines is 1. The highest BCUT2D eigenvalue weighted by Crippen LogP contribution is 2.31. The number of H-pyrrole nitrogens is 1. The number of hydrogen-bond donors (Lipinski definition) is 1. The quantitative estimate of drug-likeness (QED) is 0.852. The van der Waals surface area contributed by atoms with Gasteiger partial charge in [-0.05, 0) is 32.8 Å². The Morgan fingerprint density at radius 1 is 1.19 bits per heavy atom. The maximum atomic E-state index is 12.3. The molecule has 0 unspecified atom stereocenters. The maximum absolute atomic E-state index is 12.3. The van der Waals surface area contributed by atoms with E-state index in [1.54, 1.807) is 0 Å². The van der Waals surface area contributed by atoms with E-state index in [-0.39, 0.29) is 5.78 Å². The number of hydrogen-bond acceptors (Lipinski definition) is 3. The summed E-state index contributed by atoms with van der Waals surface area (Å²) in [6.07, 6.45) is 2.12. The van der Waals surface area contributed by atoms with Crippen LogP contribution in [0.5, 0.6) is 0 Å². The molecular formula is C16H23N3O2. The minimum Gasteiger partial charge on any atom is -0.362 e. The smallest absolute Gasteiger partial charge is 0.225 e. The van der Waals surface area contributed by atoms with Gasteiger partial charge >= 0.3 is 0 Å². The summed E-state index contributed by atoms with van der Waals surface area (Å²) in [7, 11) is 0. The number of aromatic nitrogens is 1. The highest BCUT2D eigenvalue weighted by atomic mass is 16.2. The number of rotatable bonds is 4. The van der Waals surface area contributed by atoms with Gasteiger partial charge in [-0.2, -0.15) is 0 Å². The molecule has 0 aromatic carbocycles. The number of carbonyl (C=O) groups is 2. The largest absolute Gasteiger partial charge is 0.362 e. The van der Waals surface area contributed by atoms with Gasteiger partial charge in [0.2, 0.25) is 5.91 Å². The number of Topliss-reactive ketones (excluding diaryl/α,β-unsaturated/α-hetero) is 1. The van der Waals surface area contributed by atoms with Crippen molar-refractivity contribution in [1.29, 1.82) is 0 Å². The van der Waals surface area contributed by atoms with Crippen molar-refractivity contribution >= 4 is 11.7 Å². The number of nitrogens with zero attached hydrogens (tertiary/aromatic N) is 2. The van der Waals surface area contributed by atoms with Gasteiger partial charge in [0.15, 0.2) is 5.78 Å². The average Bonchev–Trinajstić information content (AvgIpc) is 3.24. The summed E-state index contributed by atoms with van der Waals surface area (Å²) in [6.45, 7) is 7.46. The Balaban J connectivity index is 1.52. The number of amides is 1.